The van der Waals surface area contributed by atoms with Gasteiger partial charge in [-0.05, 0) is 47.0 Å². The lowest BCUT2D eigenvalue weighted by atomic mass is 9.88. The van der Waals surface area contributed by atoms with E-state index in [9.17, 15) is 9.18 Å². The predicted molar refractivity (Wildman–Crippen MR) is 69.3 cm³/mol. The molecule has 0 spiro atoms. The quantitative estimate of drug-likeness (QED) is 0.875. The number of anilines is 1. The lowest BCUT2D eigenvalue weighted by Crippen LogP contribution is -2.30. The lowest BCUT2D eigenvalue weighted by molar-refractivity contribution is -0.124. The SMILES string of the molecule is CC1(C(=O)Nc2cc(F)ccc2Br)CCCC1. The zero-order chi connectivity index (χ0) is 12.5. The molecule has 1 aromatic carbocycles. The molecule has 0 radical (unpaired) electrons. The molecule has 1 N–H and O–H groups in total. The number of nitrogens with one attached hydrogen (secondary N) is 1. The van der Waals surface area contributed by atoms with Crippen molar-refractivity contribution in [1.82, 2.24) is 0 Å². The van der Waals surface area contributed by atoms with Crippen molar-refractivity contribution in [1.29, 1.82) is 0 Å². The molecule has 2 rings (SSSR count). The molecule has 0 unspecified atom stereocenters. The fraction of sp³-hybridized carbons (Fsp3) is 0.462. The molecule has 1 aliphatic carbocycles. The molecule has 2 nitrogen and oxygen atoms in total. The first-order valence-electron chi connectivity index (χ1n) is 5.78. The van der Waals surface area contributed by atoms with E-state index in [4.69, 9.17) is 0 Å². The summed E-state index contributed by atoms with van der Waals surface area (Å²) in [5.74, 6) is -0.360. The summed E-state index contributed by atoms with van der Waals surface area (Å²) in [6.07, 6.45) is 4.00. The van der Waals surface area contributed by atoms with Crippen LogP contribution in [0.3, 0.4) is 0 Å². The minimum Gasteiger partial charge on any atom is -0.325 e. The molecule has 1 fully saturated rings. The van der Waals surface area contributed by atoms with Crippen molar-refractivity contribution in [2.75, 3.05) is 5.32 Å². The number of amides is 1. The molecule has 0 saturated heterocycles. The summed E-state index contributed by atoms with van der Waals surface area (Å²) >= 11 is 3.30. The predicted octanol–water partition coefficient (Wildman–Crippen LogP) is 4.11. The Morgan fingerprint density at radius 1 is 1.41 bits per heavy atom. The number of hydrogen-bond donors (Lipinski definition) is 1. The number of halogens is 2. The Hall–Kier alpha value is -0.900. The van der Waals surface area contributed by atoms with Crippen LogP contribution in [0.25, 0.3) is 0 Å². The molecule has 4 heteroatoms. The number of benzene rings is 1. The van der Waals surface area contributed by atoms with E-state index >= 15 is 0 Å². The van der Waals surface area contributed by atoms with Gasteiger partial charge in [0, 0.05) is 9.89 Å². The van der Waals surface area contributed by atoms with Gasteiger partial charge in [-0.15, -0.1) is 0 Å². The van der Waals surface area contributed by atoms with Crippen LogP contribution >= 0.6 is 15.9 Å². The molecule has 1 aliphatic rings. The van der Waals surface area contributed by atoms with Crippen molar-refractivity contribution in [3.63, 3.8) is 0 Å². The van der Waals surface area contributed by atoms with Gasteiger partial charge in [0.05, 0.1) is 5.69 Å². The second kappa shape index (κ2) is 4.77. The Bertz CT molecular complexity index is 441. The fourth-order valence-corrected chi connectivity index (χ4v) is 2.59. The van der Waals surface area contributed by atoms with E-state index in [1.54, 1.807) is 6.07 Å². The van der Waals surface area contributed by atoms with Crippen molar-refractivity contribution in [3.8, 4) is 0 Å². The van der Waals surface area contributed by atoms with Crippen LogP contribution in [0.2, 0.25) is 0 Å². The van der Waals surface area contributed by atoms with Gasteiger partial charge in [-0.3, -0.25) is 4.79 Å². The van der Waals surface area contributed by atoms with Crippen molar-refractivity contribution in [3.05, 3.63) is 28.5 Å². The maximum atomic E-state index is 13.1. The monoisotopic (exact) mass is 299 g/mol. The third kappa shape index (κ3) is 2.68. The van der Waals surface area contributed by atoms with Crippen molar-refractivity contribution < 1.29 is 9.18 Å². The van der Waals surface area contributed by atoms with E-state index < -0.39 is 0 Å². The van der Waals surface area contributed by atoms with Crippen LogP contribution in [0.1, 0.15) is 32.6 Å². The highest BCUT2D eigenvalue weighted by Crippen LogP contribution is 2.39. The molecule has 0 atom stereocenters. The van der Waals surface area contributed by atoms with Crippen LogP contribution in [-0.4, -0.2) is 5.91 Å². The van der Waals surface area contributed by atoms with Gasteiger partial charge in [-0.2, -0.15) is 0 Å². The molecule has 1 amide bonds. The minimum absolute atomic E-state index is 0.0127. The van der Waals surface area contributed by atoms with Gasteiger partial charge < -0.3 is 5.32 Å². The molecule has 17 heavy (non-hydrogen) atoms. The molecule has 1 saturated carbocycles. The van der Waals surface area contributed by atoms with Gasteiger partial charge in [0.15, 0.2) is 0 Å². The molecule has 92 valence electrons. The largest absolute Gasteiger partial charge is 0.325 e. The van der Waals surface area contributed by atoms with E-state index in [1.165, 1.54) is 12.1 Å². The van der Waals surface area contributed by atoms with E-state index in [1.807, 2.05) is 6.92 Å². The van der Waals surface area contributed by atoms with Crippen LogP contribution < -0.4 is 5.32 Å². The first-order valence-corrected chi connectivity index (χ1v) is 6.57. The smallest absolute Gasteiger partial charge is 0.230 e. The molecular formula is C13H15BrFNO. The lowest BCUT2D eigenvalue weighted by Gasteiger charge is -2.22. The topological polar surface area (TPSA) is 29.1 Å². The summed E-state index contributed by atoms with van der Waals surface area (Å²) in [5.41, 5.74) is 0.203. The van der Waals surface area contributed by atoms with Crippen LogP contribution in [0.4, 0.5) is 10.1 Å². The summed E-state index contributed by atoms with van der Waals surface area (Å²) < 4.78 is 13.8. The standard InChI is InChI=1S/C13H15BrFNO/c1-13(6-2-3-7-13)12(17)16-11-8-9(15)4-5-10(11)14/h4-5,8H,2-3,6-7H2,1H3,(H,16,17). The number of hydrogen-bond acceptors (Lipinski definition) is 1. The summed E-state index contributed by atoms with van der Waals surface area (Å²) in [6.45, 7) is 1.97. The molecular weight excluding hydrogens is 285 g/mol. The third-order valence-corrected chi connectivity index (χ3v) is 4.12. The van der Waals surface area contributed by atoms with Crippen molar-refractivity contribution in [2.24, 2.45) is 5.41 Å². The van der Waals surface area contributed by atoms with Gasteiger partial charge >= 0.3 is 0 Å². The Labute approximate surface area is 109 Å². The van der Waals surface area contributed by atoms with Gasteiger partial charge in [-0.25, -0.2) is 4.39 Å². The zero-order valence-corrected chi connectivity index (χ0v) is 11.3. The summed E-state index contributed by atoms with van der Waals surface area (Å²) in [7, 11) is 0. The highest BCUT2D eigenvalue weighted by atomic mass is 79.9. The van der Waals surface area contributed by atoms with Gasteiger partial charge in [0.1, 0.15) is 5.82 Å². The van der Waals surface area contributed by atoms with Gasteiger partial charge in [0.2, 0.25) is 5.91 Å². The van der Waals surface area contributed by atoms with Crippen molar-refractivity contribution in [2.45, 2.75) is 32.6 Å². The van der Waals surface area contributed by atoms with E-state index in [0.29, 0.717) is 10.2 Å². The highest BCUT2D eigenvalue weighted by Gasteiger charge is 2.36. The third-order valence-electron chi connectivity index (χ3n) is 3.43. The number of carbonyl (C=O) groups excluding carboxylic acids is 1. The Morgan fingerprint density at radius 3 is 2.71 bits per heavy atom. The van der Waals surface area contributed by atoms with Crippen molar-refractivity contribution >= 4 is 27.5 Å². The number of carbonyl (C=O) groups is 1. The summed E-state index contributed by atoms with van der Waals surface area (Å²) in [6, 6.07) is 4.29. The first-order chi connectivity index (χ1) is 8.01. The van der Waals surface area contributed by atoms with Crippen LogP contribution in [0.5, 0.6) is 0 Å². The number of rotatable bonds is 2. The minimum atomic E-state index is -0.347. The Kier molecular flexibility index (Phi) is 3.52. The average molecular weight is 300 g/mol. The second-order valence-electron chi connectivity index (χ2n) is 4.85. The van der Waals surface area contributed by atoms with Gasteiger partial charge in [-0.1, -0.05) is 19.8 Å². The highest BCUT2D eigenvalue weighted by molar-refractivity contribution is 9.10. The zero-order valence-electron chi connectivity index (χ0n) is 9.72. The maximum Gasteiger partial charge on any atom is 0.230 e. The molecule has 0 bridgehead atoms. The van der Waals surface area contributed by atoms with Crippen LogP contribution in [0, 0.1) is 11.2 Å². The van der Waals surface area contributed by atoms with E-state index in [-0.39, 0.29) is 17.1 Å². The summed E-state index contributed by atoms with van der Waals surface area (Å²) in [5, 5.41) is 2.81. The molecule has 0 aromatic heterocycles. The van der Waals surface area contributed by atoms with E-state index in [0.717, 1.165) is 25.7 Å². The Morgan fingerprint density at radius 2 is 2.06 bits per heavy atom. The first kappa shape index (κ1) is 12.6. The van der Waals surface area contributed by atoms with E-state index in [2.05, 4.69) is 21.2 Å². The maximum absolute atomic E-state index is 13.1. The van der Waals surface area contributed by atoms with Crippen LogP contribution in [0.15, 0.2) is 22.7 Å². The normalized spacial score (nSPS) is 18.1. The van der Waals surface area contributed by atoms with Gasteiger partial charge in [0.25, 0.3) is 0 Å². The fourth-order valence-electron chi connectivity index (χ4n) is 2.25. The molecule has 0 aliphatic heterocycles. The second-order valence-corrected chi connectivity index (χ2v) is 5.70. The summed E-state index contributed by atoms with van der Waals surface area (Å²) in [4.78, 5) is 12.1. The average Bonchev–Trinajstić information content (AvgIpc) is 2.72. The Balaban J connectivity index is 2.15. The molecule has 1 aromatic rings. The molecule has 0 heterocycles. The van der Waals surface area contributed by atoms with Crippen LogP contribution in [-0.2, 0) is 4.79 Å².